The molecule has 3 aromatic rings. The Labute approximate surface area is 177 Å². The molecule has 1 aliphatic rings. The van der Waals surface area contributed by atoms with Crippen molar-refractivity contribution in [2.24, 2.45) is 4.99 Å². The third-order valence-corrected chi connectivity index (χ3v) is 4.72. The molecule has 3 heterocycles. The lowest BCUT2D eigenvalue weighted by Gasteiger charge is -2.07. The summed E-state index contributed by atoms with van der Waals surface area (Å²) < 4.78 is 45.3. The third-order valence-electron chi connectivity index (χ3n) is 4.13. The largest absolute Gasteiger partial charge is 0.486 e. The Bertz CT molecular complexity index is 1160. The maximum atomic E-state index is 13.0. The number of carbonyl (C=O) groups excluding carboxylic acids is 1. The van der Waals surface area contributed by atoms with Gasteiger partial charge in [0, 0.05) is 18.0 Å². The smallest absolute Gasteiger partial charge is 0.417 e. The second-order valence-corrected chi connectivity index (χ2v) is 6.95. The number of fused-ring (bicyclic) bond motifs is 1. The number of aromatic nitrogens is 2. The van der Waals surface area contributed by atoms with E-state index in [0.29, 0.717) is 28.5 Å². The summed E-state index contributed by atoms with van der Waals surface area (Å²) in [6.45, 7) is -0.105. The van der Waals surface area contributed by atoms with Crippen LogP contribution in [0, 0.1) is 0 Å². The molecule has 12 heteroatoms. The molecule has 0 saturated heterocycles. The molecule has 0 bridgehead atoms. The zero-order valence-corrected chi connectivity index (χ0v) is 16.3. The van der Waals surface area contributed by atoms with Gasteiger partial charge in [0.1, 0.15) is 18.1 Å². The van der Waals surface area contributed by atoms with Crippen LogP contribution in [0.2, 0.25) is 10.0 Å². The number of hydroxylamine groups is 1. The van der Waals surface area contributed by atoms with Gasteiger partial charge in [-0.1, -0.05) is 23.2 Å². The Hall–Kier alpha value is -2.82. The number of aliphatic imine (C=N–C) groups is 1. The van der Waals surface area contributed by atoms with Crippen LogP contribution in [-0.2, 0) is 15.8 Å². The van der Waals surface area contributed by atoms with Gasteiger partial charge in [-0.15, -0.1) is 0 Å². The van der Waals surface area contributed by atoms with Gasteiger partial charge in [-0.05, 0) is 24.3 Å². The minimum atomic E-state index is -4.54. The number of amidine groups is 1. The summed E-state index contributed by atoms with van der Waals surface area (Å²) in [5.41, 5.74) is 2.62. The van der Waals surface area contributed by atoms with Crippen molar-refractivity contribution >= 4 is 41.0 Å². The van der Waals surface area contributed by atoms with E-state index in [9.17, 15) is 18.0 Å². The first kappa shape index (κ1) is 20.5. The molecule has 0 saturated carbocycles. The molecule has 30 heavy (non-hydrogen) atoms. The molecule has 1 atom stereocenters. The lowest BCUT2D eigenvalue weighted by atomic mass is 10.2. The number of rotatable bonds is 5. The summed E-state index contributed by atoms with van der Waals surface area (Å²) in [6, 6.07) is 5.55. The molecule has 1 unspecified atom stereocenters. The molecule has 0 amide bonds. The van der Waals surface area contributed by atoms with Crippen molar-refractivity contribution in [3.05, 3.63) is 63.5 Å². The van der Waals surface area contributed by atoms with Gasteiger partial charge in [0.15, 0.2) is 17.8 Å². The average Bonchev–Trinajstić information content (AvgIpc) is 3.33. The van der Waals surface area contributed by atoms with Crippen molar-refractivity contribution in [3.8, 4) is 5.75 Å². The predicted octanol–water partition coefficient (Wildman–Crippen LogP) is 4.22. The van der Waals surface area contributed by atoms with Crippen LogP contribution < -0.4 is 10.2 Å². The Morgan fingerprint density at radius 3 is 2.73 bits per heavy atom. The van der Waals surface area contributed by atoms with Crippen LogP contribution in [0.4, 0.5) is 13.2 Å². The Balaban J connectivity index is 1.63. The number of ether oxygens (including phenoxy) is 1. The van der Waals surface area contributed by atoms with Crippen LogP contribution in [0.15, 0.2) is 41.7 Å². The number of alkyl halides is 3. The predicted molar refractivity (Wildman–Crippen MR) is 102 cm³/mol. The van der Waals surface area contributed by atoms with Crippen molar-refractivity contribution < 1.29 is 27.5 Å². The van der Waals surface area contributed by atoms with Crippen LogP contribution in [0.5, 0.6) is 5.75 Å². The second kappa shape index (κ2) is 7.78. The fourth-order valence-corrected chi connectivity index (χ4v) is 3.31. The van der Waals surface area contributed by atoms with Gasteiger partial charge >= 0.3 is 6.18 Å². The molecule has 4 rings (SSSR count). The molecule has 1 aliphatic heterocycles. The highest BCUT2D eigenvalue weighted by Crippen LogP contribution is 2.33. The number of carbonyl (C=O) groups is 1. The maximum Gasteiger partial charge on any atom is 0.417 e. The van der Waals surface area contributed by atoms with Crippen LogP contribution in [0.3, 0.4) is 0 Å². The number of pyridine rings is 1. The molecular weight excluding hydrogens is 448 g/mol. The monoisotopic (exact) mass is 458 g/mol. The SMILES string of the molecule is O=CCOc1ccc(C2=NC(c3cn4cc(C(F)(F)F)cc(Cl)c4n3)ON2)c(Cl)c1. The highest BCUT2D eigenvalue weighted by molar-refractivity contribution is 6.34. The van der Waals surface area contributed by atoms with E-state index in [1.165, 1.54) is 16.7 Å². The summed E-state index contributed by atoms with van der Waals surface area (Å²) in [6.07, 6.45) is -2.61. The number of nitrogens with zero attached hydrogens (tertiary/aromatic N) is 3. The molecule has 0 aliphatic carbocycles. The van der Waals surface area contributed by atoms with Crippen molar-refractivity contribution in [2.45, 2.75) is 12.4 Å². The highest BCUT2D eigenvalue weighted by atomic mass is 35.5. The van der Waals surface area contributed by atoms with E-state index < -0.39 is 18.0 Å². The van der Waals surface area contributed by atoms with Crippen LogP contribution in [0.25, 0.3) is 5.65 Å². The fourth-order valence-electron chi connectivity index (χ4n) is 2.79. The first-order valence-electron chi connectivity index (χ1n) is 8.37. The molecule has 7 nitrogen and oxygen atoms in total. The number of imidazole rings is 1. The van der Waals surface area contributed by atoms with Gasteiger partial charge in [-0.2, -0.15) is 13.2 Å². The van der Waals surface area contributed by atoms with Crippen LogP contribution in [-0.4, -0.2) is 28.1 Å². The summed E-state index contributed by atoms with van der Waals surface area (Å²) in [7, 11) is 0. The number of benzene rings is 1. The van der Waals surface area contributed by atoms with E-state index in [1.807, 2.05) is 0 Å². The standard InChI is InChI=1S/C18H11Cl2F3N4O3/c19-12-6-10(29-4-3-28)1-2-11(12)15-25-17(30-26-15)14-8-27-7-9(18(21,22)23)5-13(20)16(27)24-14/h1-3,5-8,17H,4H2,(H,25,26). The number of halogens is 5. The highest BCUT2D eigenvalue weighted by Gasteiger charge is 2.32. The van der Waals surface area contributed by atoms with Crippen molar-refractivity contribution in [3.63, 3.8) is 0 Å². The Kier molecular flexibility index (Phi) is 5.31. The van der Waals surface area contributed by atoms with E-state index in [4.69, 9.17) is 32.8 Å². The van der Waals surface area contributed by atoms with Gasteiger partial charge in [0.25, 0.3) is 0 Å². The second-order valence-electron chi connectivity index (χ2n) is 6.14. The topological polar surface area (TPSA) is 77.2 Å². The lowest BCUT2D eigenvalue weighted by Crippen LogP contribution is -2.18. The summed E-state index contributed by atoms with van der Waals surface area (Å²) in [5, 5.41) is 0.141. The molecule has 1 N–H and O–H groups in total. The fraction of sp³-hybridized carbons (Fsp3) is 0.167. The number of nitrogens with one attached hydrogen (secondary N) is 1. The van der Waals surface area contributed by atoms with Gasteiger partial charge < -0.3 is 9.14 Å². The van der Waals surface area contributed by atoms with Gasteiger partial charge in [0.2, 0.25) is 6.23 Å². The van der Waals surface area contributed by atoms with E-state index >= 15 is 0 Å². The lowest BCUT2D eigenvalue weighted by molar-refractivity contribution is -0.137. The Morgan fingerprint density at radius 1 is 1.23 bits per heavy atom. The van der Waals surface area contributed by atoms with Gasteiger partial charge in [0.05, 0.1) is 15.6 Å². The number of aldehydes is 1. The summed E-state index contributed by atoms with van der Waals surface area (Å²) >= 11 is 12.2. The molecular formula is C18H11Cl2F3N4O3. The molecule has 1 aromatic carbocycles. The maximum absolute atomic E-state index is 13.0. The molecule has 0 radical (unpaired) electrons. The summed E-state index contributed by atoms with van der Waals surface area (Å²) in [4.78, 5) is 24.3. The van der Waals surface area contributed by atoms with Gasteiger partial charge in [-0.25, -0.2) is 20.3 Å². The van der Waals surface area contributed by atoms with Crippen molar-refractivity contribution in [2.75, 3.05) is 6.61 Å². The van der Waals surface area contributed by atoms with E-state index in [1.54, 1.807) is 12.1 Å². The van der Waals surface area contributed by atoms with Gasteiger partial charge in [-0.3, -0.25) is 4.79 Å². The minimum absolute atomic E-state index is 0.105. The van der Waals surface area contributed by atoms with Crippen LogP contribution in [0.1, 0.15) is 23.0 Å². The molecule has 2 aromatic heterocycles. The first-order valence-corrected chi connectivity index (χ1v) is 9.13. The molecule has 0 fully saturated rings. The van der Waals surface area contributed by atoms with Crippen molar-refractivity contribution in [1.82, 2.24) is 14.9 Å². The van der Waals surface area contributed by atoms with E-state index in [0.717, 1.165) is 12.3 Å². The minimum Gasteiger partial charge on any atom is -0.486 e. The normalized spacial score (nSPS) is 16.4. The molecule has 156 valence electrons. The zero-order chi connectivity index (χ0) is 21.5. The average molecular weight is 459 g/mol. The first-order chi connectivity index (χ1) is 14.3. The van der Waals surface area contributed by atoms with Crippen molar-refractivity contribution in [1.29, 1.82) is 0 Å². The van der Waals surface area contributed by atoms with Crippen LogP contribution >= 0.6 is 23.2 Å². The quantitative estimate of drug-likeness (QED) is 0.579. The Morgan fingerprint density at radius 2 is 2.03 bits per heavy atom. The summed E-state index contributed by atoms with van der Waals surface area (Å²) in [5.74, 6) is 0.702. The van der Waals surface area contributed by atoms with E-state index in [-0.39, 0.29) is 23.0 Å². The zero-order valence-electron chi connectivity index (χ0n) is 14.8. The van der Waals surface area contributed by atoms with E-state index in [2.05, 4.69) is 15.5 Å². The number of hydrogen-bond acceptors (Lipinski definition) is 6. The number of hydrogen-bond donors (Lipinski definition) is 1. The molecule has 0 spiro atoms. The third kappa shape index (κ3) is 3.93.